The highest BCUT2D eigenvalue weighted by atomic mass is 35.5. The van der Waals surface area contributed by atoms with Crippen molar-refractivity contribution in [1.29, 1.82) is 0 Å². The maximum Gasteiger partial charge on any atom is 0.449 e. The summed E-state index contributed by atoms with van der Waals surface area (Å²) in [5, 5.41) is 3.00. The molecule has 0 saturated heterocycles. The van der Waals surface area contributed by atoms with Gasteiger partial charge in [-0.2, -0.15) is 13.2 Å². The van der Waals surface area contributed by atoms with Gasteiger partial charge in [-0.1, -0.05) is 23.7 Å². The van der Waals surface area contributed by atoms with Crippen LogP contribution in [0.4, 0.5) is 13.2 Å². The van der Waals surface area contributed by atoms with Gasteiger partial charge in [0.25, 0.3) is 11.8 Å². The van der Waals surface area contributed by atoms with E-state index < -0.39 is 36.3 Å². The number of amides is 3. The van der Waals surface area contributed by atoms with E-state index in [1.165, 1.54) is 36.4 Å². The standard InChI is InChI=1S/C20H17ClF3N5O3/c21-13-7-5-12(6-8-13)18(32)25-10-9-16(30)27-28-17(31)11-29-15-4-2-1-3-14(15)26-19(29)20(22,23)24/h1-8H,9-11H2,(H,25,32)(H,27,30)(H,28,31). The molecule has 1 aromatic heterocycles. The van der Waals surface area contributed by atoms with Crippen molar-refractivity contribution in [2.24, 2.45) is 0 Å². The van der Waals surface area contributed by atoms with Gasteiger partial charge in [-0.25, -0.2) is 4.98 Å². The molecular weight excluding hydrogens is 451 g/mol. The van der Waals surface area contributed by atoms with E-state index in [4.69, 9.17) is 11.6 Å². The first kappa shape index (κ1) is 23.1. The summed E-state index contributed by atoms with van der Waals surface area (Å²) in [7, 11) is 0. The number of fused-ring (bicyclic) bond motifs is 1. The highest BCUT2D eigenvalue weighted by Crippen LogP contribution is 2.31. The van der Waals surface area contributed by atoms with Crippen LogP contribution in [-0.4, -0.2) is 33.8 Å². The molecular formula is C20H17ClF3N5O3. The predicted octanol–water partition coefficient (Wildman–Crippen LogP) is 2.68. The number of carbonyl (C=O) groups excluding carboxylic acids is 3. The first-order valence-electron chi connectivity index (χ1n) is 9.29. The zero-order valence-corrected chi connectivity index (χ0v) is 17.1. The SMILES string of the molecule is O=C(CCNC(=O)c1ccc(Cl)cc1)NNC(=O)Cn1c(C(F)(F)F)nc2ccccc21. The zero-order valence-electron chi connectivity index (χ0n) is 16.4. The second-order valence-corrected chi connectivity index (χ2v) is 7.05. The topological polar surface area (TPSA) is 105 Å². The largest absolute Gasteiger partial charge is 0.449 e. The van der Waals surface area contributed by atoms with Gasteiger partial charge in [0.05, 0.1) is 11.0 Å². The van der Waals surface area contributed by atoms with Crippen LogP contribution in [0.2, 0.25) is 5.02 Å². The summed E-state index contributed by atoms with van der Waals surface area (Å²) in [6, 6.07) is 12.0. The summed E-state index contributed by atoms with van der Waals surface area (Å²) in [6.07, 6.45) is -4.92. The molecule has 0 aliphatic heterocycles. The van der Waals surface area contributed by atoms with E-state index in [9.17, 15) is 27.6 Å². The first-order valence-corrected chi connectivity index (χ1v) is 9.67. The van der Waals surface area contributed by atoms with Crippen LogP contribution < -0.4 is 16.2 Å². The Balaban J connectivity index is 1.50. The van der Waals surface area contributed by atoms with Gasteiger partial charge in [0.2, 0.25) is 11.7 Å². The molecule has 0 aliphatic carbocycles. The molecule has 2 aromatic carbocycles. The lowest BCUT2D eigenvalue weighted by Crippen LogP contribution is -2.44. The van der Waals surface area contributed by atoms with Gasteiger partial charge in [-0.15, -0.1) is 0 Å². The van der Waals surface area contributed by atoms with Crippen LogP contribution in [-0.2, 0) is 22.3 Å². The Labute approximate surface area is 184 Å². The molecule has 0 unspecified atom stereocenters. The zero-order chi connectivity index (χ0) is 23.3. The molecule has 3 rings (SSSR count). The number of carbonyl (C=O) groups is 3. The van der Waals surface area contributed by atoms with Gasteiger partial charge in [0, 0.05) is 23.6 Å². The molecule has 0 fully saturated rings. The number of rotatable bonds is 6. The minimum atomic E-state index is -4.76. The fourth-order valence-electron chi connectivity index (χ4n) is 2.83. The predicted molar refractivity (Wildman–Crippen MR) is 109 cm³/mol. The third kappa shape index (κ3) is 5.76. The number of hydrogen-bond acceptors (Lipinski definition) is 4. The average Bonchev–Trinajstić information content (AvgIpc) is 3.11. The number of hydrazine groups is 1. The fraction of sp³-hybridized carbons (Fsp3) is 0.200. The minimum absolute atomic E-state index is 0.0203. The van der Waals surface area contributed by atoms with Crippen LogP contribution in [0, 0.1) is 0 Å². The Hall–Kier alpha value is -3.60. The minimum Gasteiger partial charge on any atom is -0.352 e. The smallest absolute Gasteiger partial charge is 0.352 e. The number of alkyl halides is 3. The maximum atomic E-state index is 13.3. The first-order chi connectivity index (χ1) is 15.1. The lowest BCUT2D eigenvalue weighted by Gasteiger charge is -2.12. The quantitative estimate of drug-likeness (QED) is 0.485. The lowest BCUT2D eigenvalue weighted by atomic mass is 10.2. The van der Waals surface area contributed by atoms with Gasteiger partial charge in [0.15, 0.2) is 0 Å². The van der Waals surface area contributed by atoms with Gasteiger partial charge in [0.1, 0.15) is 6.54 Å². The third-order valence-electron chi connectivity index (χ3n) is 4.30. The van der Waals surface area contributed by atoms with Crippen LogP contribution >= 0.6 is 11.6 Å². The Morgan fingerprint density at radius 3 is 2.31 bits per heavy atom. The normalized spacial score (nSPS) is 11.2. The maximum absolute atomic E-state index is 13.3. The monoisotopic (exact) mass is 467 g/mol. The van der Waals surface area contributed by atoms with Crippen molar-refractivity contribution < 1.29 is 27.6 Å². The van der Waals surface area contributed by atoms with Gasteiger partial charge in [-0.3, -0.25) is 25.2 Å². The van der Waals surface area contributed by atoms with E-state index in [-0.39, 0.29) is 24.0 Å². The number of nitrogens with one attached hydrogen (secondary N) is 3. The molecule has 32 heavy (non-hydrogen) atoms. The Bertz CT molecular complexity index is 1150. The third-order valence-corrected chi connectivity index (χ3v) is 4.55. The van der Waals surface area contributed by atoms with E-state index in [1.807, 2.05) is 0 Å². The summed E-state index contributed by atoms with van der Waals surface area (Å²) >= 11 is 5.75. The highest BCUT2D eigenvalue weighted by Gasteiger charge is 2.38. The number of nitrogens with zero attached hydrogens (tertiary/aromatic N) is 2. The summed E-state index contributed by atoms with van der Waals surface area (Å²) in [5.74, 6) is -3.14. The lowest BCUT2D eigenvalue weighted by molar-refractivity contribution is -0.147. The van der Waals surface area contributed by atoms with E-state index in [0.29, 0.717) is 10.6 Å². The summed E-state index contributed by atoms with van der Waals surface area (Å²) in [4.78, 5) is 39.5. The number of benzene rings is 2. The van der Waals surface area contributed by atoms with Crippen LogP contribution in [0.25, 0.3) is 11.0 Å². The second-order valence-electron chi connectivity index (χ2n) is 6.62. The number of imidazole rings is 1. The summed E-state index contributed by atoms with van der Waals surface area (Å²) < 4.78 is 40.5. The molecule has 12 heteroatoms. The second kappa shape index (κ2) is 9.69. The molecule has 0 bridgehead atoms. The van der Waals surface area contributed by atoms with E-state index in [1.54, 1.807) is 12.1 Å². The van der Waals surface area contributed by atoms with E-state index in [0.717, 1.165) is 4.57 Å². The molecule has 8 nitrogen and oxygen atoms in total. The van der Waals surface area contributed by atoms with Crippen molar-refractivity contribution in [1.82, 2.24) is 25.7 Å². The molecule has 0 saturated carbocycles. The Morgan fingerprint density at radius 1 is 0.969 bits per heavy atom. The van der Waals surface area contributed by atoms with Gasteiger partial charge >= 0.3 is 6.18 Å². The van der Waals surface area contributed by atoms with E-state index >= 15 is 0 Å². The number of aromatic nitrogens is 2. The molecule has 3 N–H and O–H groups in total. The highest BCUT2D eigenvalue weighted by molar-refractivity contribution is 6.30. The fourth-order valence-corrected chi connectivity index (χ4v) is 2.96. The summed E-state index contributed by atoms with van der Waals surface area (Å²) in [5.41, 5.74) is 4.74. The van der Waals surface area contributed by atoms with Crippen LogP contribution in [0.5, 0.6) is 0 Å². The van der Waals surface area contributed by atoms with Crippen molar-refractivity contribution in [2.75, 3.05) is 6.54 Å². The molecule has 168 valence electrons. The van der Waals surface area contributed by atoms with Crippen molar-refractivity contribution in [3.8, 4) is 0 Å². The van der Waals surface area contributed by atoms with Crippen molar-refractivity contribution in [3.63, 3.8) is 0 Å². The van der Waals surface area contributed by atoms with Crippen molar-refractivity contribution in [2.45, 2.75) is 19.1 Å². The van der Waals surface area contributed by atoms with E-state index in [2.05, 4.69) is 21.2 Å². The average molecular weight is 468 g/mol. The van der Waals surface area contributed by atoms with Crippen LogP contribution in [0.3, 0.4) is 0 Å². The molecule has 0 aliphatic rings. The molecule has 0 atom stereocenters. The molecule has 3 aromatic rings. The van der Waals surface area contributed by atoms with Crippen molar-refractivity contribution >= 4 is 40.4 Å². The van der Waals surface area contributed by atoms with Gasteiger partial charge in [-0.05, 0) is 36.4 Å². The Morgan fingerprint density at radius 2 is 1.62 bits per heavy atom. The molecule has 3 amide bonds. The number of hydrogen-bond donors (Lipinski definition) is 3. The van der Waals surface area contributed by atoms with Gasteiger partial charge < -0.3 is 9.88 Å². The molecule has 0 spiro atoms. The number of halogens is 4. The van der Waals surface area contributed by atoms with Crippen LogP contribution in [0.15, 0.2) is 48.5 Å². The summed E-state index contributed by atoms with van der Waals surface area (Å²) in [6.45, 7) is -0.726. The van der Waals surface area contributed by atoms with Crippen molar-refractivity contribution in [3.05, 3.63) is 64.9 Å². The Kier molecular flexibility index (Phi) is 6.98. The molecule has 0 radical (unpaired) electrons. The molecule has 1 heterocycles. The van der Waals surface area contributed by atoms with Crippen LogP contribution in [0.1, 0.15) is 22.6 Å². The number of para-hydroxylation sites is 2.